The van der Waals surface area contributed by atoms with Gasteiger partial charge in [-0.1, -0.05) is 0 Å². The second-order valence-electron chi connectivity index (χ2n) is 5.21. The summed E-state index contributed by atoms with van der Waals surface area (Å²) in [4.78, 5) is 20.4. The summed E-state index contributed by atoms with van der Waals surface area (Å²) in [6.45, 7) is 7.31. The third-order valence-electron chi connectivity index (χ3n) is 3.77. The fourth-order valence-electron chi connectivity index (χ4n) is 2.76. The smallest absolute Gasteiger partial charge is 0.225 e. The molecule has 0 aliphatic carbocycles. The molecule has 0 spiro atoms. The van der Waals surface area contributed by atoms with Crippen molar-refractivity contribution in [3.05, 3.63) is 11.1 Å². The number of carbonyl (C=O) groups is 1. The molecule has 2 rings (SSSR count). The van der Waals surface area contributed by atoms with Crippen LogP contribution in [0.4, 0.5) is 5.13 Å². The van der Waals surface area contributed by atoms with E-state index in [0.717, 1.165) is 30.5 Å². The van der Waals surface area contributed by atoms with Gasteiger partial charge in [-0.15, -0.1) is 11.3 Å². The molecule has 20 heavy (non-hydrogen) atoms. The molecule has 6 heteroatoms. The SMILES string of the molecule is CCN(C(C)=O)c1nc(CN2CCCC2CNC)cs1. The van der Waals surface area contributed by atoms with Crippen molar-refractivity contribution in [1.82, 2.24) is 15.2 Å². The van der Waals surface area contributed by atoms with Crippen molar-refractivity contribution in [1.29, 1.82) is 0 Å². The van der Waals surface area contributed by atoms with Gasteiger partial charge >= 0.3 is 0 Å². The van der Waals surface area contributed by atoms with Crippen LogP contribution < -0.4 is 10.2 Å². The molecule has 1 aliphatic rings. The minimum absolute atomic E-state index is 0.0580. The van der Waals surface area contributed by atoms with Gasteiger partial charge < -0.3 is 5.32 Å². The van der Waals surface area contributed by atoms with E-state index in [4.69, 9.17) is 0 Å². The summed E-state index contributed by atoms with van der Waals surface area (Å²) in [6, 6.07) is 0.611. The Morgan fingerprint density at radius 1 is 1.65 bits per heavy atom. The van der Waals surface area contributed by atoms with Crippen LogP contribution >= 0.6 is 11.3 Å². The number of anilines is 1. The highest BCUT2D eigenvalue weighted by Gasteiger charge is 2.24. The van der Waals surface area contributed by atoms with Crippen LogP contribution in [-0.4, -0.2) is 48.5 Å². The highest BCUT2D eigenvalue weighted by atomic mass is 32.1. The molecule has 0 aromatic carbocycles. The van der Waals surface area contributed by atoms with Crippen molar-refractivity contribution in [2.75, 3.05) is 31.6 Å². The molecule has 1 N–H and O–H groups in total. The molecule has 5 nitrogen and oxygen atoms in total. The number of rotatable bonds is 6. The number of carbonyl (C=O) groups excluding carboxylic acids is 1. The standard InChI is InChI=1S/C14H24N4OS/c1-4-18(11(2)19)14-16-12(10-20-14)9-17-7-5-6-13(17)8-15-3/h10,13,15H,4-9H2,1-3H3. The number of aromatic nitrogens is 1. The Morgan fingerprint density at radius 2 is 2.45 bits per heavy atom. The fraction of sp³-hybridized carbons (Fsp3) is 0.714. The molecular formula is C14H24N4OS. The minimum Gasteiger partial charge on any atom is -0.318 e. The molecule has 0 bridgehead atoms. The van der Waals surface area contributed by atoms with Gasteiger partial charge in [0.1, 0.15) is 0 Å². The average molecular weight is 296 g/mol. The first-order valence-electron chi connectivity index (χ1n) is 7.26. The van der Waals surface area contributed by atoms with Gasteiger partial charge in [-0.3, -0.25) is 14.6 Å². The number of amides is 1. The van der Waals surface area contributed by atoms with Crippen molar-refractivity contribution in [3.8, 4) is 0 Å². The molecule has 1 aromatic heterocycles. The van der Waals surface area contributed by atoms with E-state index in [2.05, 4.69) is 20.6 Å². The maximum atomic E-state index is 11.5. The molecule has 0 radical (unpaired) electrons. The van der Waals surface area contributed by atoms with Crippen molar-refractivity contribution >= 4 is 22.4 Å². The molecule has 1 unspecified atom stereocenters. The van der Waals surface area contributed by atoms with Gasteiger partial charge in [0, 0.05) is 38.0 Å². The zero-order valence-electron chi connectivity index (χ0n) is 12.6. The topological polar surface area (TPSA) is 48.5 Å². The Hall–Kier alpha value is -0.980. The molecule has 1 fully saturated rings. The Labute approximate surface area is 125 Å². The Bertz CT molecular complexity index is 448. The van der Waals surface area contributed by atoms with Crippen LogP contribution in [0, 0.1) is 0 Å². The summed E-state index contributed by atoms with van der Waals surface area (Å²) in [5, 5.41) is 6.16. The van der Waals surface area contributed by atoms with Crippen molar-refractivity contribution in [2.24, 2.45) is 0 Å². The first-order valence-corrected chi connectivity index (χ1v) is 8.14. The first-order chi connectivity index (χ1) is 9.65. The second kappa shape index (κ2) is 7.15. The van der Waals surface area contributed by atoms with Crippen LogP contribution in [0.1, 0.15) is 32.4 Å². The number of nitrogens with one attached hydrogen (secondary N) is 1. The maximum absolute atomic E-state index is 11.5. The van der Waals surface area contributed by atoms with Crippen molar-refractivity contribution in [3.63, 3.8) is 0 Å². The van der Waals surface area contributed by atoms with E-state index in [1.807, 2.05) is 14.0 Å². The zero-order valence-corrected chi connectivity index (χ0v) is 13.4. The quantitative estimate of drug-likeness (QED) is 0.868. The number of hydrogen-bond donors (Lipinski definition) is 1. The van der Waals surface area contributed by atoms with E-state index in [-0.39, 0.29) is 5.91 Å². The number of nitrogens with zero attached hydrogens (tertiary/aromatic N) is 3. The van der Waals surface area contributed by atoms with E-state index in [0.29, 0.717) is 12.6 Å². The molecule has 1 aromatic rings. The number of likely N-dealkylation sites (N-methyl/N-ethyl adjacent to an activating group) is 1. The molecule has 1 saturated heterocycles. The lowest BCUT2D eigenvalue weighted by atomic mass is 10.2. The van der Waals surface area contributed by atoms with Gasteiger partial charge in [0.15, 0.2) is 5.13 Å². The van der Waals surface area contributed by atoms with Gasteiger partial charge in [0.2, 0.25) is 5.91 Å². The monoisotopic (exact) mass is 296 g/mol. The fourth-order valence-corrected chi connectivity index (χ4v) is 3.69. The summed E-state index contributed by atoms with van der Waals surface area (Å²) in [6.07, 6.45) is 2.52. The molecule has 2 heterocycles. The van der Waals surface area contributed by atoms with Gasteiger partial charge in [-0.05, 0) is 33.4 Å². The molecule has 1 atom stereocenters. The third-order valence-corrected chi connectivity index (χ3v) is 4.68. The highest BCUT2D eigenvalue weighted by Crippen LogP contribution is 2.24. The maximum Gasteiger partial charge on any atom is 0.225 e. The van der Waals surface area contributed by atoms with Crippen molar-refractivity contribution < 1.29 is 4.79 Å². The van der Waals surface area contributed by atoms with Crippen LogP contribution in [0.25, 0.3) is 0 Å². The van der Waals surface area contributed by atoms with Crippen molar-refractivity contribution in [2.45, 2.75) is 39.3 Å². The predicted molar refractivity (Wildman–Crippen MR) is 83.2 cm³/mol. The first kappa shape index (κ1) is 15.4. The lowest BCUT2D eigenvalue weighted by Crippen LogP contribution is -2.36. The van der Waals surface area contributed by atoms with Crippen LogP contribution in [0.2, 0.25) is 0 Å². The van der Waals surface area contributed by atoms with Crippen LogP contribution in [0.5, 0.6) is 0 Å². The van der Waals surface area contributed by atoms with E-state index in [1.54, 1.807) is 23.2 Å². The number of hydrogen-bond acceptors (Lipinski definition) is 5. The Kier molecular flexibility index (Phi) is 5.51. The summed E-state index contributed by atoms with van der Waals surface area (Å²) < 4.78 is 0. The molecule has 1 amide bonds. The molecule has 1 aliphatic heterocycles. The predicted octanol–water partition coefficient (Wildman–Crippen LogP) is 1.70. The van der Waals surface area contributed by atoms with E-state index in [1.165, 1.54) is 12.8 Å². The highest BCUT2D eigenvalue weighted by molar-refractivity contribution is 7.14. The summed E-state index contributed by atoms with van der Waals surface area (Å²) in [5.74, 6) is 0.0580. The van der Waals surface area contributed by atoms with E-state index in [9.17, 15) is 4.79 Å². The third kappa shape index (κ3) is 3.56. The molecule has 0 saturated carbocycles. The normalized spacial score (nSPS) is 19.4. The lowest BCUT2D eigenvalue weighted by Gasteiger charge is -2.23. The Morgan fingerprint density at radius 3 is 3.10 bits per heavy atom. The van der Waals surface area contributed by atoms with Gasteiger partial charge in [-0.25, -0.2) is 4.98 Å². The molecular weight excluding hydrogens is 272 g/mol. The second-order valence-corrected chi connectivity index (χ2v) is 6.05. The number of likely N-dealkylation sites (tertiary alicyclic amines) is 1. The minimum atomic E-state index is 0.0580. The van der Waals surface area contributed by atoms with Gasteiger partial charge in [0.25, 0.3) is 0 Å². The largest absolute Gasteiger partial charge is 0.318 e. The van der Waals surface area contributed by atoms with E-state index < -0.39 is 0 Å². The summed E-state index contributed by atoms with van der Waals surface area (Å²) in [7, 11) is 2.00. The summed E-state index contributed by atoms with van der Waals surface area (Å²) in [5.41, 5.74) is 1.08. The molecule has 112 valence electrons. The Balaban J connectivity index is 2.00. The number of thiazole rings is 1. The van der Waals surface area contributed by atoms with Crippen LogP contribution in [0.3, 0.4) is 0 Å². The summed E-state index contributed by atoms with van der Waals surface area (Å²) >= 11 is 1.56. The van der Waals surface area contributed by atoms with E-state index >= 15 is 0 Å². The van der Waals surface area contributed by atoms with Crippen LogP contribution in [-0.2, 0) is 11.3 Å². The van der Waals surface area contributed by atoms with Gasteiger partial charge in [-0.2, -0.15) is 0 Å². The average Bonchev–Trinajstić information content (AvgIpc) is 3.02. The van der Waals surface area contributed by atoms with Crippen LogP contribution in [0.15, 0.2) is 5.38 Å². The van der Waals surface area contributed by atoms with Gasteiger partial charge in [0.05, 0.1) is 5.69 Å². The zero-order chi connectivity index (χ0) is 14.5. The lowest BCUT2D eigenvalue weighted by molar-refractivity contribution is -0.116.